The van der Waals surface area contributed by atoms with Gasteiger partial charge in [-0.1, -0.05) is 0 Å². The number of ether oxygens (including phenoxy) is 1. The Bertz CT molecular complexity index is 447. The highest BCUT2D eigenvalue weighted by Crippen LogP contribution is 2.24. The van der Waals surface area contributed by atoms with Crippen LogP contribution in [0.3, 0.4) is 0 Å². The number of nitrogens with one attached hydrogen (secondary N) is 2. The molecule has 24 heavy (non-hydrogen) atoms. The lowest BCUT2D eigenvalue weighted by Crippen LogP contribution is -2.48. The fourth-order valence-electron chi connectivity index (χ4n) is 2.76. The Kier molecular flexibility index (Phi) is 11.4. The van der Waals surface area contributed by atoms with E-state index in [4.69, 9.17) is 4.74 Å². The molecule has 0 saturated carbocycles. The molecule has 1 aromatic rings. The van der Waals surface area contributed by atoms with Gasteiger partial charge in [-0.3, -0.25) is 4.99 Å². The molecule has 0 unspecified atom stereocenters. The number of nitrogens with zero attached hydrogens (tertiary/aromatic N) is 2. The molecule has 0 atom stereocenters. The van der Waals surface area contributed by atoms with Crippen molar-refractivity contribution in [2.24, 2.45) is 4.99 Å². The van der Waals surface area contributed by atoms with Crippen LogP contribution in [0.4, 0.5) is 5.00 Å². The van der Waals surface area contributed by atoms with Crippen molar-refractivity contribution in [2.45, 2.75) is 38.6 Å². The molecule has 0 aromatic carbocycles. The van der Waals surface area contributed by atoms with Gasteiger partial charge in [0.25, 0.3) is 0 Å². The molecular weight excluding hydrogens is 435 g/mol. The summed E-state index contributed by atoms with van der Waals surface area (Å²) in [7, 11) is 1.84. The number of anilines is 1. The van der Waals surface area contributed by atoms with E-state index in [1.807, 2.05) is 25.3 Å². The van der Waals surface area contributed by atoms with Crippen molar-refractivity contribution in [2.75, 3.05) is 44.8 Å². The van der Waals surface area contributed by atoms with E-state index in [0.29, 0.717) is 6.04 Å². The third-order valence-corrected chi connectivity index (χ3v) is 5.02. The maximum Gasteiger partial charge on any atom is 0.191 e. The molecule has 0 spiro atoms. The quantitative estimate of drug-likeness (QED) is 0.267. The molecule has 0 radical (unpaired) electrons. The first-order chi connectivity index (χ1) is 11.3. The average molecular weight is 466 g/mol. The van der Waals surface area contributed by atoms with Crippen LogP contribution in [0.2, 0.25) is 0 Å². The van der Waals surface area contributed by atoms with E-state index in [9.17, 15) is 0 Å². The number of guanidine groups is 1. The largest absolute Gasteiger partial charge is 0.382 e. The van der Waals surface area contributed by atoms with Crippen molar-refractivity contribution in [3.8, 4) is 0 Å². The summed E-state index contributed by atoms with van der Waals surface area (Å²) in [6.45, 7) is 6.87. The molecule has 1 fully saturated rings. The van der Waals surface area contributed by atoms with Crippen LogP contribution in [0.5, 0.6) is 0 Å². The van der Waals surface area contributed by atoms with Crippen LogP contribution in [-0.2, 0) is 4.74 Å². The number of aliphatic imine (C=N–C) groups is 1. The van der Waals surface area contributed by atoms with E-state index in [0.717, 1.165) is 64.5 Å². The molecule has 1 saturated heterocycles. The number of halogens is 1. The van der Waals surface area contributed by atoms with Gasteiger partial charge in [-0.25, -0.2) is 0 Å². The van der Waals surface area contributed by atoms with E-state index in [1.165, 1.54) is 5.00 Å². The van der Waals surface area contributed by atoms with Crippen molar-refractivity contribution in [3.63, 3.8) is 0 Å². The molecule has 138 valence electrons. The highest BCUT2D eigenvalue weighted by Gasteiger charge is 2.20. The van der Waals surface area contributed by atoms with Crippen molar-refractivity contribution in [3.05, 3.63) is 17.5 Å². The molecule has 2 N–H and O–H groups in total. The predicted molar refractivity (Wildman–Crippen MR) is 115 cm³/mol. The van der Waals surface area contributed by atoms with Crippen molar-refractivity contribution in [1.82, 2.24) is 10.6 Å². The maximum atomic E-state index is 5.35. The summed E-state index contributed by atoms with van der Waals surface area (Å²) in [5.41, 5.74) is 0. The second kappa shape index (κ2) is 12.8. The number of rotatable bonds is 8. The topological polar surface area (TPSA) is 48.9 Å². The maximum absolute atomic E-state index is 5.35. The zero-order valence-electron chi connectivity index (χ0n) is 14.8. The van der Waals surface area contributed by atoms with Crippen LogP contribution >= 0.6 is 35.3 Å². The Morgan fingerprint density at radius 3 is 2.79 bits per heavy atom. The van der Waals surface area contributed by atoms with E-state index in [2.05, 4.69) is 38.0 Å². The first-order valence-corrected chi connectivity index (χ1v) is 9.54. The van der Waals surface area contributed by atoms with Crippen LogP contribution in [0, 0.1) is 0 Å². The highest BCUT2D eigenvalue weighted by atomic mass is 127. The molecule has 2 rings (SSSR count). The number of hydrogen-bond acceptors (Lipinski definition) is 4. The monoisotopic (exact) mass is 466 g/mol. The second-order valence-electron chi connectivity index (χ2n) is 5.76. The molecular formula is C17H31IN4OS. The third kappa shape index (κ3) is 7.57. The average Bonchev–Trinajstić information content (AvgIpc) is 3.12. The van der Waals surface area contributed by atoms with Crippen LogP contribution in [0.15, 0.2) is 22.5 Å². The Balaban J connectivity index is 0.00000288. The molecule has 2 heterocycles. The van der Waals surface area contributed by atoms with Gasteiger partial charge in [-0.2, -0.15) is 0 Å². The summed E-state index contributed by atoms with van der Waals surface area (Å²) in [5, 5.41) is 10.5. The second-order valence-corrected chi connectivity index (χ2v) is 6.69. The Morgan fingerprint density at radius 1 is 1.38 bits per heavy atom. The minimum absolute atomic E-state index is 0. The normalized spacial score (nSPS) is 15.9. The number of piperidine rings is 1. The number of thiophene rings is 1. The molecule has 7 heteroatoms. The highest BCUT2D eigenvalue weighted by molar-refractivity contribution is 14.0. The van der Waals surface area contributed by atoms with Gasteiger partial charge in [0.15, 0.2) is 5.96 Å². The molecule has 5 nitrogen and oxygen atoms in total. The minimum atomic E-state index is 0. The molecule has 0 amide bonds. The minimum Gasteiger partial charge on any atom is -0.382 e. The summed E-state index contributed by atoms with van der Waals surface area (Å²) in [6, 6.07) is 4.85. The van der Waals surface area contributed by atoms with E-state index < -0.39 is 0 Å². The molecule has 0 bridgehead atoms. The Morgan fingerprint density at radius 2 is 2.17 bits per heavy atom. The lowest BCUT2D eigenvalue weighted by atomic mass is 10.1. The zero-order valence-corrected chi connectivity index (χ0v) is 17.9. The van der Waals surface area contributed by atoms with Crippen molar-refractivity contribution >= 4 is 46.3 Å². The van der Waals surface area contributed by atoms with E-state index >= 15 is 0 Å². The van der Waals surface area contributed by atoms with Crippen molar-refractivity contribution < 1.29 is 4.74 Å². The summed E-state index contributed by atoms with van der Waals surface area (Å²) in [4.78, 5) is 6.82. The molecule has 1 aliphatic heterocycles. The first-order valence-electron chi connectivity index (χ1n) is 8.67. The summed E-state index contributed by atoms with van der Waals surface area (Å²) in [5.74, 6) is 0.927. The number of unbranched alkanes of at least 4 members (excludes halogenated alkanes) is 1. The molecule has 0 aliphatic carbocycles. The lowest BCUT2D eigenvalue weighted by molar-refractivity contribution is 0.143. The van der Waals surface area contributed by atoms with E-state index in [-0.39, 0.29) is 24.0 Å². The lowest BCUT2D eigenvalue weighted by Gasteiger charge is -2.33. The fraction of sp³-hybridized carbons (Fsp3) is 0.706. The van der Waals surface area contributed by atoms with E-state index in [1.54, 1.807) is 0 Å². The SMILES string of the molecule is CCOCCCCNC(=NC)NC1CCN(c2cccs2)CC1.I. The van der Waals surface area contributed by atoms with Crippen LogP contribution < -0.4 is 15.5 Å². The zero-order chi connectivity index (χ0) is 16.3. The van der Waals surface area contributed by atoms with Gasteiger partial charge in [0.1, 0.15) is 0 Å². The smallest absolute Gasteiger partial charge is 0.191 e. The van der Waals surface area contributed by atoms with Crippen LogP contribution in [-0.4, -0.2) is 51.9 Å². The number of hydrogen-bond donors (Lipinski definition) is 2. The van der Waals surface area contributed by atoms with Gasteiger partial charge in [-0.05, 0) is 50.1 Å². The van der Waals surface area contributed by atoms with Gasteiger partial charge in [-0.15, -0.1) is 35.3 Å². The first kappa shape index (κ1) is 21.5. The Labute approximate surface area is 167 Å². The summed E-state index contributed by atoms with van der Waals surface area (Å²) < 4.78 is 5.35. The molecule has 1 aromatic heterocycles. The van der Waals surface area contributed by atoms with Gasteiger partial charge >= 0.3 is 0 Å². The standard InChI is InChI=1S/C17H30N4OS.HI/c1-3-22-13-5-4-10-19-17(18-2)20-15-8-11-21(12-9-15)16-7-6-14-23-16;/h6-7,14-15H,3-5,8-13H2,1-2H3,(H2,18,19,20);1H. The molecule has 1 aliphatic rings. The summed E-state index contributed by atoms with van der Waals surface area (Å²) in [6.07, 6.45) is 4.51. The van der Waals surface area contributed by atoms with Gasteiger partial charge < -0.3 is 20.3 Å². The summed E-state index contributed by atoms with van der Waals surface area (Å²) >= 11 is 1.83. The van der Waals surface area contributed by atoms with Gasteiger partial charge in [0, 0.05) is 45.9 Å². The fourth-order valence-corrected chi connectivity index (χ4v) is 3.55. The van der Waals surface area contributed by atoms with Crippen LogP contribution in [0.1, 0.15) is 32.6 Å². The van der Waals surface area contributed by atoms with Crippen molar-refractivity contribution in [1.29, 1.82) is 0 Å². The Hall–Kier alpha value is -0.540. The van der Waals surface area contributed by atoms with Gasteiger partial charge in [0.05, 0.1) is 5.00 Å². The third-order valence-electron chi connectivity index (χ3n) is 4.09. The predicted octanol–water partition coefficient (Wildman–Crippen LogP) is 3.32. The van der Waals surface area contributed by atoms with Gasteiger partial charge in [0.2, 0.25) is 0 Å². The van der Waals surface area contributed by atoms with Crippen LogP contribution in [0.25, 0.3) is 0 Å².